The number of hydrogen-bond acceptors (Lipinski definition) is 5. The van der Waals surface area contributed by atoms with Crippen LogP contribution in [0.4, 0.5) is 0 Å². The van der Waals surface area contributed by atoms with E-state index in [1.165, 1.54) is 0 Å². The zero-order valence-electron chi connectivity index (χ0n) is 8.26. The van der Waals surface area contributed by atoms with Crippen LogP contribution in [0.3, 0.4) is 0 Å². The summed E-state index contributed by atoms with van der Waals surface area (Å²) in [6.45, 7) is 0. The highest BCUT2D eigenvalue weighted by Gasteiger charge is 2.08. The second-order valence-electron chi connectivity index (χ2n) is 2.87. The van der Waals surface area contributed by atoms with Gasteiger partial charge in [0.25, 0.3) is 0 Å². The van der Waals surface area contributed by atoms with Gasteiger partial charge in [-0.05, 0) is 35.3 Å². The Morgan fingerprint density at radius 2 is 1.71 bits per heavy atom. The molecule has 0 N–H and O–H groups in total. The van der Waals surface area contributed by atoms with E-state index in [-0.39, 0.29) is 16.6 Å². The van der Waals surface area contributed by atoms with E-state index in [4.69, 9.17) is 33.2 Å². The number of nitrogens with zero attached hydrogens (tertiary/aromatic N) is 4. The third-order valence-electron chi connectivity index (χ3n) is 1.77. The van der Waals surface area contributed by atoms with Crippen LogP contribution in [0, 0.1) is 11.3 Å². The summed E-state index contributed by atoms with van der Waals surface area (Å²) >= 11 is 11.2. The van der Waals surface area contributed by atoms with E-state index in [2.05, 4.69) is 15.0 Å². The Kier molecular flexibility index (Phi) is 3.38. The number of benzene rings is 1. The molecule has 0 fully saturated rings. The van der Waals surface area contributed by atoms with Crippen LogP contribution in [0.5, 0.6) is 11.8 Å². The van der Waals surface area contributed by atoms with Gasteiger partial charge in [0.2, 0.25) is 10.6 Å². The molecule has 0 radical (unpaired) electrons. The van der Waals surface area contributed by atoms with Crippen LogP contribution in [0.25, 0.3) is 0 Å². The lowest BCUT2D eigenvalue weighted by atomic mass is 10.2. The van der Waals surface area contributed by atoms with Crippen molar-refractivity contribution in [3.05, 3.63) is 40.4 Å². The predicted octanol–water partition coefficient (Wildman–Crippen LogP) is 2.84. The van der Waals surface area contributed by atoms with Gasteiger partial charge in [0.05, 0.1) is 5.56 Å². The highest BCUT2D eigenvalue weighted by atomic mass is 35.5. The number of nitriles is 1. The van der Waals surface area contributed by atoms with Crippen molar-refractivity contribution in [3.63, 3.8) is 0 Å². The monoisotopic (exact) mass is 266 g/mol. The van der Waals surface area contributed by atoms with Gasteiger partial charge in [-0.3, -0.25) is 0 Å². The molecule has 0 amide bonds. The number of hydrogen-bond donors (Lipinski definition) is 0. The minimum Gasteiger partial charge on any atom is -0.423 e. The molecule has 0 atom stereocenters. The van der Waals surface area contributed by atoms with Crippen LogP contribution in [0.1, 0.15) is 5.56 Å². The lowest BCUT2D eigenvalue weighted by molar-refractivity contribution is 0.438. The molecule has 5 nitrogen and oxygen atoms in total. The molecule has 7 heteroatoms. The molecule has 84 valence electrons. The molecule has 0 aliphatic carbocycles. The van der Waals surface area contributed by atoms with Gasteiger partial charge in [0.1, 0.15) is 11.8 Å². The van der Waals surface area contributed by atoms with Crippen LogP contribution in [-0.4, -0.2) is 15.0 Å². The molecule has 2 aromatic rings. The first-order valence-electron chi connectivity index (χ1n) is 4.43. The molecule has 0 unspecified atom stereocenters. The lowest BCUT2D eigenvalue weighted by Crippen LogP contribution is -1.96. The van der Waals surface area contributed by atoms with Gasteiger partial charge in [0, 0.05) is 0 Å². The van der Waals surface area contributed by atoms with E-state index in [1.54, 1.807) is 24.3 Å². The molecule has 0 bridgehead atoms. The van der Waals surface area contributed by atoms with Gasteiger partial charge in [0.15, 0.2) is 0 Å². The van der Waals surface area contributed by atoms with Crippen molar-refractivity contribution in [3.8, 4) is 17.8 Å². The third kappa shape index (κ3) is 2.81. The summed E-state index contributed by atoms with van der Waals surface area (Å²) in [4.78, 5) is 11.0. The summed E-state index contributed by atoms with van der Waals surface area (Å²) in [5.41, 5.74) is 0.361. The smallest absolute Gasteiger partial charge is 0.327 e. The van der Waals surface area contributed by atoms with Crippen LogP contribution in [-0.2, 0) is 0 Å². The molecule has 0 aliphatic rings. The molecule has 0 saturated carbocycles. The van der Waals surface area contributed by atoms with Gasteiger partial charge in [-0.15, -0.1) is 0 Å². The minimum absolute atomic E-state index is 0.0577. The molecule has 0 spiro atoms. The summed E-state index contributed by atoms with van der Waals surface area (Å²) < 4.78 is 5.31. The lowest BCUT2D eigenvalue weighted by Gasteiger charge is -2.04. The van der Waals surface area contributed by atoms with Crippen LogP contribution in [0.15, 0.2) is 24.3 Å². The Hall–Kier alpha value is -1.90. The first-order chi connectivity index (χ1) is 8.19. The number of halogens is 2. The summed E-state index contributed by atoms with van der Waals surface area (Å²) in [5, 5.41) is 8.72. The van der Waals surface area contributed by atoms with Crippen molar-refractivity contribution >= 4 is 23.2 Å². The first-order valence-corrected chi connectivity index (χ1v) is 5.18. The van der Waals surface area contributed by atoms with E-state index in [0.717, 1.165) is 0 Å². The molecule has 0 saturated heterocycles. The van der Waals surface area contributed by atoms with Gasteiger partial charge in [-0.25, -0.2) is 0 Å². The van der Waals surface area contributed by atoms with Crippen molar-refractivity contribution in [2.75, 3.05) is 0 Å². The zero-order valence-corrected chi connectivity index (χ0v) is 9.77. The molecule has 2 rings (SSSR count). The number of rotatable bonds is 2. The minimum atomic E-state index is -0.0746. The zero-order chi connectivity index (χ0) is 12.3. The molecular formula is C10H4Cl2N4O. The average molecular weight is 267 g/mol. The fourth-order valence-corrected chi connectivity index (χ4v) is 1.45. The Morgan fingerprint density at radius 1 is 1.06 bits per heavy atom. The van der Waals surface area contributed by atoms with E-state index in [9.17, 15) is 0 Å². The first kappa shape index (κ1) is 11.6. The Balaban J connectivity index is 2.35. The highest BCUT2D eigenvalue weighted by molar-refractivity contribution is 6.31. The van der Waals surface area contributed by atoms with Crippen LogP contribution in [0.2, 0.25) is 10.6 Å². The van der Waals surface area contributed by atoms with E-state index < -0.39 is 0 Å². The second kappa shape index (κ2) is 4.95. The van der Waals surface area contributed by atoms with Crippen molar-refractivity contribution in [2.45, 2.75) is 0 Å². The maximum Gasteiger partial charge on any atom is 0.327 e. The Bertz CT molecular complexity index is 577. The number of ether oxygens (including phenoxy) is 1. The summed E-state index contributed by atoms with van der Waals surface area (Å²) in [5.74, 6) is 0.327. The molecule has 1 heterocycles. The summed E-state index contributed by atoms with van der Waals surface area (Å²) in [6.07, 6.45) is 0. The Labute approximate surface area is 107 Å². The summed E-state index contributed by atoms with van der Waals surface area (Å²) in [7, 11) is 0. The quantitative estimate of drug-likeness (QED) is 0.836. The Morgan fingerprint density at radius 3 is 2.35 bits per heavy atom. The largest absolute Gasteiger partial charge is 0.423 e. The van der Waals surface area contributed by atoms with Crippen molar-refractivity contribution in [2.24, 2.45) is 0 Å². The van der Waals surface area contributed by atoms with Crippen molar-refractivity contribution < 1.29 is 4.74 Å². The number of para-hydroxylation sites is 1. The van der Waals surface area contributed by atoms with Crippen LogP contribution < -0.4 is 4.74 Å². The average Bonchev–Trinajstić information content (AvgIpc) is 2.28. The number of aromatic nitrogens is 3. The second-order valence-corrected chi connectivity index (χ2v) is 3.54. The third-order valence-corrected chi connectivity index (χ3v) is 2.11. The van der Waals surface area contributed by atoms with Crippen molar-refractivity contribution in [1.82, 2.24) is 15.0 Å². The van der Waals surface area contributed by atoms with E-state index in [1.807, 2.05) is 6.07 Å². The topological polar surface area (TPSA) is 71.7 Å². The molecule has 1 aromatic carbocycles. The highest BCUT2D eigenvalue weighted by Crippen LogP contribution is 2.23. The van der Waals surface area contributed by atoms with Crippen molar-refractivity contribution in [1.29, 1.82) is 5.26 Å². The standard InChI is InChI=1S/C10H4Cl2N4O/c11-8-14-9(12)16-10(15-8)17-7-4-2-1-3-6(7)5-13/h1-4H. The molecule has 17 heavy (non-hydrogen) atoms. The fourth-order valence-electron chi connectivity index (χ4n) is 1.10. The van der Waals surface area contributed by atoms with Gasteiger partial charge >= 0.3 is 6.01 Å². The maximum atomic E-state index is 8.87. The van der Waals surface area contributed by atoms with E-state index >= 15 is 0 Å². The molecular weight excluding hydrogens is 263 g/mol. The van der Waals surface area contributed by atoms with Gasteiger partial charge < -0.3 is 4.74 Å². The van der Waals surface area contributed by atoms with Gasteiger partial charge in [-0.2, -0.15) is 20.2 Å². The fraction of sp³-hybridized carbons (Fsp3) is 0. The van der Waals surface area contributed by atoms with Crippen LogP contribution >= 0.6 is 23.2 Å². The van der Waals surface area contributed by atoms with Gasteiger partial charge in [-0.1, -0.05) is 12.1 Å². The normalized spacial score (nSPS) is 9.71. The summed E-state index contributed by atoms with van der Waals surface area (Å²) in [6, 6.07) is 8.60. The predicted molar refractivity (Wildman–Crippen MR) is 61.1 cm³/mol. The SMILES string of the molecule is N#Cc1ccccc1Oc1nc(Cl)nc(Cl)n1. The molecule has 0 aliphatic heterocycles. The van der Waals surface area contributed by atoms with E-state index in [0.29, 0.717) is 11.3 Å². The maximum absolute atomic E-state index is 8.87. The molecule has 1 aromatic heterocycles.